The van der Waals surface area contributed by atoms with Gasteiger partial charge in [-0.2, -0.15) is 0 Å². The minimum absolute atomic E-state index is 0.694. The van der Waals surface area contributed by atoms with Crippen LogP contribution in [0.2, 0.25) is 0 Å². The van der Waals surface area contributed by atoms with Crippen LogP contribution in [0, 0.1) is 0 Å². The summed E-state index contributed by atoms with van der Waals surface area (Å²) in [5.74, 6) is 0.694. The van der Waals surface area contributed by atoms with Crippen LogP contribution in [-0.4, -0.2) is 14.5 Å². The highest BCUT2D eigenvalue weighted by Crippen LogP contribution is 2.45. The summed E-state index contributed by atoms with van der Waals surface area (Å²) >= 11 is 1.80. The number of benzene rings is 9. The molecule has 59 heavy (non-hydrogen) atoms. The Balaban J connectivity index is 1.11. The van der Waals surface area contributed by atoms with Crippen LogP contribution >= 0.6 is 11.3 Å². The summed E-state index contributed by atoms with van der Waals surface area (Å²) in [5.41, 5.74) is 11.3. The van der Waals surface area contributed by atoms with Gasteiger partial charge in [-0.15, -0.1) is 11.3 Å². The van der Waals surface area contributed by atoms with E-state index in [1.165, 1.54) is 52.8 Å². The van der Waals surface area contributed by atoms with Gasteiger partial charge in [0.05, 0.1) is 22.2 Å². The molecule has 0 N–H and O–H groups in total. The molecule has 9 aromatic carbocycles. The number of hydrogen-bond acceptors (Lipinski definition) is 4. The van der Waals surface area contributed by atoms with Crippen molar-refractivity contribution in [1.29, 1.82) is 0 Å². The zero-order valence-corrected chi connectivity index (χ0v) is 32.4. The summed E-state index contributed by atoms with van der Waals surface area (Å²) in [4.78, 5) is 10.8. The summed E-state index contributed by atoms with van der Waals surface area (Å²) in [5, 5.41) is 10.6. The number of furan rings is 1. The summed E-state index contributed by atoms with van der Waals surface area (Å²) in [6.45, 7) is 0. The van der Waals surface area contributed by atoms with Gasteiger partial charge >= 0.3 is 0 Å². The second-order valence-corrected chi connectivity index (χ2v) is 16.4. The highest BCUT2D eigenvalue weighted by Gasteiger charge is 2.22. The summed E-state index contributed by atoms with van der Waals surface area (Å²) in [7, 11) is 0. The van der Waals surface area contributed by atoms with E-state index >= 15 is 0 Å². The highest BCUT2D eigenvalue weighted by atomic mass is 32.1. The molecule has 13 aromatic rings. The monoisotopic (exact) mass is 769 g/mol. The second kappa shape index (κ2) is 12.4. The topological polar surface area (TPSA) is 43.9 Å². The molecular formula is C54H31N3OS. The van der Waals surface area contributed by atoms with E-state index in [0.717, 1.165) is 66.4 Å². The lowest BCUT2D eigenvalue weighted by atomic mass is 10.0. The Kier molecular flexibility index (Phi) is 6.85. The fourth-order valence-corrected chi connectivity index (χ4v) is 10.5. The standard InChI is InChI=1S/C54H31N3OS/c1-2-12-32(13-3-1)34-24-26-46-43(28-34)51-37-15-5-4-14-33(37)23-27-47(51)57(46)36-30-42-40-17-8-11-21-50(40)59-53(42)44(31-36)54-55-45-19-9-6-18-41(45)52(56-54)35-22-25-39-38-16-7-10-20-48(38)58-49(39)29-35/h1-31H. The zero-order chi connectivity index (χ0) is 38.6. The molecule has 4 nitrogen and oxygen atoms in total. The van der Waals surface area contributed by atoms with E-state index in [9.17, 15) is 0 Å². The molecule has 0 atom stereocenters. The fourth-order valence-electron chi connectivity index (χ4n) is 9.28. The Morgan fingerprint density at radius 1 is 0.441 bits per heavy atom. The van der Waals surface area contributed by atoms with Gasteiger partial charge in [0.15, 0.2) is 5.82 Å². The number of para-hydroxylation sites is 2. The van der Waals surface area contributed by atoms with Crippen LogP contribution in [0.4, 0.5) is 0 Å². The van der Waals surface area contributed by atoms with E-state index in [1.54, 1.807) is 11.3 Å². The van der Waals surface area contributed by atoms with Gasteiger partial charge in [-0.3, -0.25) is 0 Å². The van der Waals surface area contributed by atoms with Crippen molar-refractivity contribution in [1.82, 2.24) is 14.5 Å². The van der Waals surface area contributed by atoms with Crippen LogP contribution < -0.4 is 0 Å². The zero-order valence-electron chi connectivity index (χ0n) is 31.6. The molecule has 0 aliphatic carbocycles. The molecule has 0 bridgehead atoms. The molecule has 274 valence electrons. The lowest BCUT2D eigenvalue weighted by molar-refractivity contribution is 0.669. The van der Waals surface area contributed by atoms with Gasteiger partial charge in [-0.05, 0) is 82.6 Å². The van der Waals surface area contributed by atoms with Gasteiger partial charge in [0.25, 0.3) is 0 Å². The van der Waals surface area contributed by atoms with Crippen molar-refractivity contribution < 1.29 is 4.42 Å². The molecule has 0 saturated carbocycles. The van der Waals surface area contributed by atoms with Crippen molar-refractivity contribution in [2.45, 2.75) is 0 Å². The Morgan fingerprint density at radius 2 is 1.17 bits per heavy atom. The summed E-state index contributed by atoms with van der Waals surface area (Å²) < 4.78 is 11.2. The average Bonchev–Trinajstić information content (AvgIpc) is 3.97. The van der Waals surface area contributed by atoms with Crippen LogP contribution in [0.15, 0.2) is 192 Å². The minimum Gasteiger partial charge on any atom is -0.456 e. The van der Waals surface area contributed by atoms with E-state index in [0.29, 0.717) is 5.82 Å². The number of nitrogens with zero attached hydrogens (tertiary/aromatic N) is 3. The molecule has 0 fully saturated rings. The predicted molar refractivity (Wildman–Crippen MR) is 248 cm³/mol. The first kappa shape index (κ1) is 32.5. The van der Waals surface area contributed by atoms with E-state index in [-0.39, 0.29) is 0 Å². The van der Waals surface area contributed by atoms with Crippen molar-refractivity contribution in [3.05, 3.63) is 188 Å². The van der Waals surface area contributed by atoms with Gasteiger partial charge in [0, 0.05) is 63.9 Å². The number of thiophene rings is 1. The van der Waals surface area contributed by atoms with Crippen molar-refractivity contribution in [2.75, 3.05) is 0 Å². The molecular weight excluding hydrogens is 739 g/mol. The van der Waals surface area contributed by atoms with Gasteiger partial charge < -0.3 is 8.98 Å². The normalized spacial score (nSPS) is 12.1. The lowest BCUT2D eigenvalue weighted by Gasteiger charge is -2.14. The first-order valence-electron chi connectivity index (χ1n) is 19.9. The van der Waals surface area contributed by atoms with Gasteiger partial charge in [0.1, 0.15) is 11.2 Å². The molecule has 13 rings (SSSR count). The molecule has 0 saturated heterocycles. The van der Waals surface area contributed by atoms with E-state index < -0.39 is 0 Å². The van der Waals surface area contributed by atoms with Gasteiger partial charge in [0.2, 0.25) is 0 Å². The van der Waals surface area contributed by atoms with E-state index in [2.05, 4.69) is 180 Å². The van der Waals surface area contributed by atoms with E-state index in [4.69, 9.17) is 14.4 Å². The maximum atomic E-state index is 6.37. The number of aromatic nitrogens is 3. The van der Waals surface area contributed by atoms with Crippen LogP contribution in [-0.2, 0) is 0 Å². The third-order valence-corrected chi connectivity index (χ3v) is 13.2. The second-order valence-electron chi connectivity index (χ2n) is 15.3. The van der Waals surface area contributed by atoms with Crippen LogP contribution in [0.1, 0.15) is 0 Å². The molecule has 0 radical (unpaired) electrons. The van der Waals surface area contributed by atoms with Crippen molar-refractivity contribution in [3.8, 4) is 39.5 Å². The van der Waals surface area contributed by atoms with Crippen LogP contribution in [0.3, 0.4) is 0 Å². The number of rotatable bonds is 4. The Morgan fingerprint density at radius 3 is 2.08 bits per heavy atom. The van der Waals surface area contributed by atoms with Gasteiger partial charge in [-0.25, -0.2) is 9.97 Å². The number of fused-ring (bicyclic) bond motifs is 12. The molecule has 0 amide bonds. The summed E-state index contributed by atoms with van der Waals surface area (Å²) in [6, 6.07) is 67.3. The first-order valence-corrected chi connectivity index (χ1v) is 20.7. The SMILES string of the molecule is c1ccc(-c2ccc3c(c2)c2c4ccccc4ccc2n3-c2cc(-c3nc(-c4ccc5c(c4)oc4ccccc45)c4ccccc4n3)c3sc4ccccc4c3c2)cc1. The van der Waals surface area contributed by atoms with E-state index in [1.807, 2.05) is 12.1 Å². The van der Waals surface area contributed by atoms with Crippen molar-refractivity contribution in [2.24, 2.45) is 0 Å². The summed E-state index contributed by atoms with van der Waals surface area (Å²) in [6.07, 6.45) is 0. The molecule has 0 unspecified atom stereocenters. The minimum atomic E-state index is 0.694. The Labute approximate surface area is 341 Å². The molecule has 4 heterocycles. The van der Waals surface area contributed by atoms with Gasteiger partial charge in [-0.1, -0.05) is 127 Å². The first-order chi connectivity index (χ1) is 29.2. The molecule has 5 heteroatoms. The van der Waals surface area contributed by atoms with Crippen LogP contribution in [0.25, 0.3) is 125 Å². The van der Waals surface area contributed by atoms with Crippen LogP contribution in [0.5, 0.6) is 0 Å². The maximum absolute atomic E-state index is 6.37. The Hall–Kier alpha value is -7.60. The maximum Gasteiger partial charge on any atom is 0.161 e. The lowest BCUT2D eigenvalue weighted by Crippen LogP contribution is -1.98. The molecule has 0 aliphatic heterocycles. The van der Waals surface area contributed by atoms with Crippen molar-refractivity contribution >= 4 is 96.9 Å². The Bertz CT molecular complexity index is 3860. The molecule has 0 aliphatic rings. The van der Waals surface area contributed by atoms with Crippen molar-refractivity contribution in [3.63, 3.8) is 0 Å². The highest BCUT2D eigenvalue weighted by molar-refractivity contribution is 7.26. The smallest absolute Gasteiger partial charge is 0.161 e. The predicted octanol–water partition coefficient (Wildman–Crippen LogP) is 15.1. The largest absolute Gasteiger partial charge is 0.456 e. The molecule has 4 aromatic heterocycles. The third-order valence-electron chi connectivity index (χ3n) is 12.0. The average molecular weight is 770 g/mol. The number of hydrogen-bond donors (Lipinski definition) is 0. The fraction of sp³-hybridized carbons (Fsp3) is 0. The molecule has 0 spiro atoms. The third kappa shape index (κ3) is 4.89. The quantitative estimate of drug-likeness (QED) is 0.179.